The average Bonchev–Trinajstić information content (AvgIpc) is 2.62. The number of benzene rings is 2. The van der Waals surface area contributed by atoms with Crippen LogP contribution in [0.4, 0.5) is 15.8 Å². The molecule has 2 aromatic rings. The number of halogens is 2. The summed E-state index contributed by atoms with van der Waals surface area (Å²) in [6.07, 6.45) is 0. The van der Waals surface area contributed by atoms with Crippen molar-refractivity contribution in [3.05, 3.63) is 52.8 Å². The Morgan fingerprint density at radius 3 is 2.50 bits per heavy atom. The van der Waals surface area contributed by atoms with Crippen LogP contribution < -0.4 is 15.0 Å². The van der Waals surface area contributed by atoms with Crippen LogP contribution in [-0.4, -0.2) is 50.6 Å². The van der Waals surface area contributed by atoms with Crippen LogP contribution in [0.2, 0.25) is 0 Å². The molecule has 0 atom stereocenters. The number of hydrogen-bond acceptors (Lipinski definition) is 4. The van der Waals surface area contributed by atoms with Gasteiger partial charge in [0.2, 0.25) is 0 Å². The number of ether oxygens (including phenoxy) is 1. The summed E-state index contributed by atoms with van der Waals surface area (Å²) in [5.74, 6) is -0.213. The van der Waals surface area contributed by atoms with Crippen molar-refractivity contribution < 1.29 is 13.9 Å². The normalized spacial score (nSPS) is 15.0. The van der Waals surface area contributed by atoms with E-state index in [1.165, 1.54) is 18.2 Å². The number of amides is 1. The van der Waals surface area contributed by atoms with Crippen LogP contribution in [0.1, 0.15) is 0 Å². The van der Waals surface area contributed by atoms with Crippen molar-refractivity contribution in [2.75, 3.05) is 50.1 Å². The fourth-order valence-corrected chi connectivity index (χ4v) is 3.22. The summed E-state index contributed by atoms with van der Waals surface area (Å²) >= 11 is 3.21. The zero-order chi connectivity index (χ0) is 18.5. The Labute approximate surface area is 160 Å². The van der Waals surface area contributed by atoms with E-state index in [1.54, 1.807) is 0 Å². The van der Waals surface area contributed by atoms with Gasteiger partial charge in [0, 0.05) is 37.6 Å². The van der Waals surface area contributed by atoms with E-state index in [1.807, 2.05) is 24.3 Å². The molecule has 0 aromatic heterocycles. The number of anilines is 2. The van der Waals surface area contributed by atoms with Crippen LogP contribution in [0.25, 0.3) is 0 Å². The van der Waals surface area contributed by atoms with Gasteiger partial charge in [0.05, 0.1) is 4.47 Å². The zero-order valence-electron chi connectivity index (χ0n) is 14.5. The third kappa shape index (κ3) is 4.95. The standard InChI is InChI=1S/C19H21BrFN3O2/c1-23-8-10-24(11-9-23)16-5-3-15(4-6-16)22-19(25)13-26-18-7-2-14(21)12-17(18)20/h2-7,12H,8-11,13H2,1H3,(H,22,25). The summed E-state index contributed by atoms with van der Waals surface area (Å²) in [5, 5.41) is 2.80. The zero-order valence-corrected chi connectivity index (χ0v) is 16.1. The highest BCUT2D eigenvalue weighted by atomic mass is 79.9. The molecule has 1 N–H and O–H groups in total. The predicted octanol–water partition coefficient (Wildman–Crippen LogP) is 3.36. The number of piperazine rings is 1. The lowest BCUT2D eigenvalue weighted by atomic mass is 10.2. The highest BCUT2D eigenvalue weighted by molar-refractivity contribution is 9.10. The molecule has 0 radical (unpaired) electrons. The van der Waals surface area contributed by atoms with Gasteiger partial charge in [0.25, 0.3) is 5.91 Å². The van der Waals surface area contributed by atoms with Gasteiger partial charge < -0.3 is 19.9 Å². The summed E-state index contributed by atoms with van der Waals surface area (Å²) in [5.41, 5.74) is 1.87. The maximum Gasteiger partial charge on any atom is 0.262 e. The van der Waals surface area contributed by atoms with Gasteiger partial charge in [0.1, 0.15) is 11.6 Å². The number of carbonyl (C=O) groups excluding carboxylic acids is 1. The van der Waals surface area contributed by atoms with E-state index in [9.17, 15) is 9.18 Å². The fraction of sp³-hybridized carbons (Fsp3) is 0.316. The lowest BCUT2D eigenvalue weighted by molar-refractivity contribution is -0.118. The first-order valence-electron chi connectivity index (χ1n) is 8.42. The van der Waals surface area contributed by atoms with Crippen molar-refractivity contribution in [2.45, 2.75) is 0 Å². The van der Waals surface area contributed by atoms with Gasteiger partial charge in [-0.15, -0.1) is 0 Å². The first kappa shape index (κ1) is 18.7. The van der Waals surface area contributed by atoms with Crippen LogP contribution in [0.5, 0.6) is 5.75 Å². The molecule has 7 heteroatoms. The van der Waals surface area contributed by atoms with Crippen molar-refractivity contribution in [1.82, 2.24) is 4.90 Å². The fourth-order valence-electron chi connectivity index (χ4n) is 2.75. The van der Waals surface area contributed by atoms with E-state index in [0.29, 0.717) is 10.2 Å². The quantitative estimate of drug-likeness (QED) is 0.803. The van der Waals surface area contributed by atoms with E-state index in [0.717, 1.165) is 37.6 Å². The molecule has 1 heterocycles. The van der Waals surface area contributed by atoms with E-state index in [4.69, 9.17) is 4.74 Å². The third-order valence-electron chi connectivity index (χ3n) is 4.27. The summed E-state index contributed by atoms with van der Waals surface area (Å²) in [4.78, 5) is 16.7. The number of carbonyl (C=O) groups is 1. The van der Waals surface area contributed by atoms with E-state index < -0.39 is 0 Å². The number of hydrogen-bond donors (Lipinski definition) is 1. The molecule has 0 bridgehead atoms. The molecule has 5 nitrogen and oxygen atoms in total. The highest BCUT2D eigenvalue weighted by Crippen LogP contribution is 2.25. The molecule has 2 aromatic carbocycles. The Balaban J connectivity index is 1.51. The Bertz CT molecular complexity index is 762. The molecule has 0 spiro atoms. The molecule has 0 unspecified atom stereocenters. The third-order valence-corrected chi connectivity index (χ3v) is 4.89. The summed E-state index contributed by atoms with van der Waals surface area (Å²) in [7, 11) is 2.13. The minimum Gasteiger partial charge on any atom is -0.483 e. The summed E-state index contributed by atoms with van der Waals surface area (Å²) in [6.45, 7) is 3.96. The largest absolute Gasteiger partial charge is 0.483 e. The van der Waals surface area contributed by atoms with Gasteiger partial charge in [-0.25, -0.2) is 4.39 Å². The van der Waals surface area contributed by atoms with Crippen LogP contribution in [0.15, 0.2) is 46.9 Å². The van der Waals surface area contributed by atoms with Crippen molar-refractivity contribution in [2.24, 2.45) is 0 Å². The minimum atomic E-state index is -0.367. The molecule has 3 rings (SSSR count). The summed E-state index contributed by atoms with van der Waals surface area (Å²) in [6, 6.07) is 11.9. The lowest BCUT2D eigenvalue weighted by Crippen LogP contribution is -2.44. The Hall–Kier alpha value is -2.12. The van der Waals surface area contributed by atoms with Gasteiger partial charge in [-0.2, -0.15) is 0 Å². The monoisotopic (exact) mass is 421 g/mol. The number of likely N-dealkylation sites (N-methyl/N-ethyl adjacent to an activating group) is 1. The second-order valence-electron chi connectivity index (χ2n) is 6.25. The molecule has 0 saturated carbocycles. The number of nitrogens with one attached hydrogen (secondary N) is 1. The Morgan fingerprint density at radius 1 is 1.15 bits per heavy atom. The summed E-state index contributed by atoms with van der Waals surface area (Å²) < 4.78 is 18.9. The van der Waals surface area contributed by atoms with Crippen molar-refractivity contribution >= 4 is 33.2 Å². The number of nitrogens with zero attached hydrogens (tertiary/aromatic N) is 2. The molecule has 0 aliphatic carbocycles. The van der Waals surface area contributed by atoms with Gasteiger partial charge >= 0.3 is 0 Å². The molecule has 1 fully saturated rings. The first-order chi connectivity index (χ1) is 12.5. The van der Waals surface area contributed by atoms with Gasteiger partial charge in [0.15, 0.2) is 6.61 Å². The topological polar surface area (TPSA) is 44.8 Å². The van der Waals surface area contributed by atoms with Crippen LogP contribution >= 0.6 is 15.9 Å². The Kier molecular flexibility index (Phi) is 6.11. The lowest BCUT2D eigenvalue weighted by Gasteiger charge is -2.34. The molecular weight excluding hydrogens is 401 g/mol. The van der Waals surface area contributed by atoms with Crippen molar-refractivity contribution in [3.8, 4) is 5.75 Å². The average molecular weight is 422 g/mol. The van der Waals surface area contributed by atoms with Gasteiger partial charge in [-0.1, -0.05) is 0 Å². The van der Waals surface area contributed by atoms with Gasteiger partial charge in [-0.05, 0) is 65.4 Å². The maximum absolute atomic E-state index is 13.0. The molecule has 1 aliphatic heterocycles. The van der Waals surface area contributed by atoms with Crippen molar-refractivity contribution in [3.63, 3.8) is 0 Å². The maximum atomic E-state index is 13.0. The van der Waals surface area contributed by atoms with Crippen LogP contribution in [-0.2, 0) is 4.79 Å². The number of rotatable bonds is 5. The molecular formula is C19H21BrFN3O2. The molecule has 1 saturated heterocycles. The second-order valence-corrected chi connectivity index (χ2v) is 7.10. The smallest absolute Gasteiger partial charge is 0.262 e. The highest BCUT2D eigenvalue weighted by Gasteiger charge is 2.14. The minimum absolute atomic E-state index is 0.148. The van der Waals surface area contributed by atoms with Crippen LogP contribution in [0, 0.1) is 5.82 Å². The first-order valence-corrected chi connectivity index (χ1v) is 9.22. The van der Waals surface area contributed by atoms with Crippen molar-refractivity contribution in [1.29, 1.82) is 0 Å². The molecule has 26 heavy (non-hydrogen) atoms. The Morgan fingerprint density at radius 2 is 1.85 bits per heavy atom. The molecule has 1 amide bonds. The van der Waals surface area contributed by atoms with Crippen LogP contribution in [0.3, 0.4) is 0 Å². The SMILES string of the molecule is CN1CCN(c2ccc(NC(=O)COc3ccc(F)cc3Br)cc2)CC1. The predicted molar refractivity (Wildman–Crippen MR) is 104 cm³/mol. The second kappa shape index (κ2) is 8.51. The van der Waals surface area contributed by atoms with Gasteiger partial charge in [-0.3, -0.25) is 4.79 Å². The van der Waals surface area contributed by atoms with E-state index in [-0.39, 0.29) is 18.3 Å². The molecule has 138 valence electrons. The molecule has 1 aliphatic rings. The van der Waals surface area contributed by atoms with E-state index >= 15 is 0 Å². The van der Waals surface area contributed by atoms with E-state index in [2.05, 4.69) is 38.1 Å².